The van der Waals surface area contributed by atoms with E-state index in [1.165, 1.54) is 28.9 Å². The number of hydrogen-bond donors (Lipinski definition) is 2. The molecule has 3 aromatic rings. The molecule has 0 aliphatic rings. The zero-order chi connectivity index (χ0) is 25.8. The van der Waals surface area contributed by atoms with Crippen LogP contribution in [0.25, 0.3) is 11.1 Å². The molecule has 9 nitrogen and oxygen atoms in total. The van der Waals surface area contributed by atoms with Crippen molar-refractivity contribution in [3.8, 4) is 17.0 Å². The van der Waals surface area contributed by atoms with Gasteiger partial charge in [-0.25, -0.2) is 13.1 Å². The van der Waals surface area contributed by atoms with Crippen molar-refractivity contribution >= 4 is 21.8 Å². The van der Waals surface area contributed by atoms with Crippen LogP contribution in [0.5, 0.6) is 5.88 Å². The smallest absolute Gasteiger partial charge is 0.313 e. The Morgan fingerprint density at radius 2 is 1.71 bits per heavy atom. The molecule has 0 aliphatic heterocycles. The van der Waals surface area contributed by atoms with E-state index in [1.807, 2.05) is 38.1 Å². The maximum atomic E-state index is 13.3. The third-order valence-corrected chi connectivity index (χ3v) is 7.03. The number of ether oxygens (including phenoxy) is 2. The Bertz CT molecular complexity index is 1280. The number of benzene rings is 2. The van der Waals surface area contributed by atoms with Gasteiger partial charge in [-0.05, 0) is 51.0 Å². The van der Waals surface area contributed by atoms with Crippen LogP contribution in [0, 0.1) is 6.92 Å². The fourth-order valence-corrected chi connectivity index (χ4v) is 4.50. The van der Waals surface area contributed by atoms with Crippen LogP contribution in [-0.2, 0) is 32.0 Å². The molecule has 0 atom stereocenters. The Hall–Kier alpha value is -3.37. The third-order valence-electron chi connectivity index (χ3n) is 5.68. The van der Waals surface area contributed by atoms with Gasteiger partial charge in [0.05, 0.1) is 22.5 Å². The molecule has 0 unspecified atom stereocenters. The second kappa shape index (κ2) is 10.5. The molecule has 0 saturated carbocycles. The summed E-state index contributed by atoms with van der Waals surface area (Å²) in [7, 11) is -2.38. The topological polar surface area (TPSA) is 120 Å². The third kappa shape index (κ3) is 5.83. The fraction of sp³-hybridized carbons (Fsp3) is 0.360. The van der Waals surface area contributed by atoms with Gasteiger partial charge in [0.15, 0.2) is 0 Å². The fourth-order valence-electron chi connectivity index (χ4n) is 3.40. The molecule has 0 amide bonds. The minimum atomic E-state index is -4.01. The molecule has 0 spiro atoms. The minimum Gasteiger partial charge on any atom is -0.481 e. The van der Waals surface area contributed by atoms with Crippen LogP contribution in [0.4, 0.5) is 5.82 Å². The molecule has 3 rings (SSSR count). The lowest BCUT2D eigenvalue weighted by molar-refractivity contribution is -0.142. The van der Waals surface area contributed by atoms with Gasteiger partial charge in [-0.1, -0.05) is 42.0 Å². The van der Waals surface area contributed by atoms with Crippen molar-refractivity contribution in [1.82, 2.24) is 9.78 Å². The van der Waals surface area contributed by atoms with Crippen LogP contribution in [-0.4, -0.2) is 49.1 Å². The van der Waals surface area contributed by atoms with E-state index in [0.717, 1.165) is 11.1 Å². The van der Waals surface area contributed by atoms with Crippen molar-refractivity contribution in [3.63, 3.8) is 0 Å². The number of carboxylic acid groups (broad SMARTS) is 1. The van der Waals surface area contributed by atoms with E-state index < -0.39 is 21.4 Å². The van der Waals surface area contributed by atoms with Crippen LogP contribution in [0.3, 0.4) is 0 Å². The molecule has 1 aromatic heterocycles. The molecule has 2 aromatic carbocycles. The van der Waals surface area contributed by atoms with E-state index in [1.54, 1.807) is 20.9 Å². The number of hydrogen-bond acceptors (Lipinski definition) is 6. The predicted octanol–water partition coefficient (Wildman–Crippen LogP) is 3.97. The van der Waals surface area contributed by atoms with Gasteiger partial charge in [-0.15, -0.1) is 5.10 Å². The normalized spacial score (nSPS) is 11.9. The number of rotatable bonds is 11. The average Bonchev–Trinajstić information content (AvgIpc) is 3.11. The molecule has 1 heterocycles. The highest BCUT2D eigenvalue weighted by molar-refractivity contribution is 7.92. The van der Waals surface area contributed by atoms with Crippen molar-refractivity contribution in [2.75, 3.05) is 24.5 Å². The summed E-state index contributed by atoms with van der Waals surface area (Å²) in [6, 6.07) is 13.4. The monoisotopic (exact) mass is 501 g/mol. The van der Waals surface area contributed by atoms with Gasteiger partial charge in [-0.3, -0.25) is 9.52 Å². The highest BCUT2D eigenvalue weighted by Crippen LogP contribution is 2.38. The van der Waals surface area contributed by atoms with E-state index >= 15 is 0 Å². The Kier molecular flexibility index (Phi) is 7.86. The molecular formula is C25H31N3O6S. The Morgan fingerprint density at radius 1 is 1.09 bits per heavy atom. The van der Waals surface area contributed by atoms with Crippen LogP contribution in [0.2, 0.25) is 0 Å². The first-order valence-electron chi connectivity index (χ1n) is 11.2. The SMILES string of the molecule is CCOCCOc1nn(C)c(NS(=O)(=O)c2ccc(C(C)(C)C(=O)O)cc2)c1-c1ccc(C)cc1. The number of sulfonamides is 1. The lowest BCUT2D eigenvalue weighted by atomic mass is 9.85. The summed E-state index contributed by atoms with van der Waals surface area (Å²) < 4.78 is 41.8. The van der Waals surface area contributed by atoms with E-state index in [2.05, 4.69) is 9.82 Å². The zero-order valence-corrected chi connectivity index (χ0v) is 21.3. The highest BCUT2D eigenvalue weighted by atomic mass is 32.2. The van der Waals surface area contributed by atoms with Crippen molar-refractivity contribution in [3.05, 3.63) is 59.7 Å². The van der Waals surface area contributed by atoms with Crippen LogP contribution in [0.1, 0.15) is 31.9 Å². The maximum Gasteiger partial charge on any atom is 0.313 e. The Balaban J connectivity index is 1.98. The summed E-state index contributed by atoms with van der Waals surface area (Å²) in [6.45, 7) is 8.18. The molecule has 188 valence electrons. The van der Waals surface area contributed by atoms with Gasteiger partial charge >= 0.3 is 5.97 Å². The molecular weight excluding hydrogens is 470 g/mol. The molecule has 0 fully saturated rings. The molecule has 10 heteroatoms. The van der Waals surface area contributed by atoms with Crippen LogP contribution in [0.15, 0.2) is 53.4 Å². The van der Waals surface area contributed by atoms with Crippen molar-refractivity contribution in [2.24, 2.45) is 7.05 Å². The Morgan fingerprint density at radius 3 is 2.29 bits per heavy atom. The second-order valence-corrected chi connectivity index (χ2v) is 10.3. The van der Waals surface area contributed by atoms with Crippen molar-refractivity contribution in [1.29, 1.82) is 0 Å². The molecule has 0 bridgehead atoms. The number of aliphatic carboxylic acids is 1. The van der Waals surface area contributed by atoms with Gasteiger partial charge in [0.25, 0.3) is 10.0 Å². The first-order chi connectivity index (χ1) is 16.5. The van der Waals surface area contributed by atoms with Crippen molar-refractivity contribution < 1.29 is 27.8 Å². The lowest BCUT2D eigenvalue weighted by Crippen LogP contribution is -2.28. The summed E-state index contributed by atoms with van der Waals surface area (Å²) in [5.41, 5.74) is 1.66. The van der Waals surface area contributed by atoms with Gasteiger partial charge in [0.2, 0.25) is 5.88 Å². The van der Waals surface area contributed by atoms with E-state index in [4.69, 9.17) is 9.47 Å². The minimum absolute atomic E-state index is 0.00249. The number of aryl methyl sites for hydroxylation is 2. The first-order valence-corrected chi connectivity index (χ1v) is 12.7. The number of carbonyl (C=O) groups is 1. The van der Waals surface area contributed by atoms with Gasteiger partial charge in [0.1, 0.15) is 12.4 Å². The van der Waals surface area contributed by atoms with Gasteiger partial charge in [-0.2, -0.15) is 0 Å². The number of carboxylic acids is 1. The van der Waals surface area contributed by atoms with Crippen molar-refractivity contribution in [2.45, 2.75) is 38.0 Å². The molecule has 0 saturated heterocycles. The standard InChI is InChI=1S/C25H31N3O6S/c1-6-33-15-16-34-23-21(18-9-7-17(2)8-10-18)22(28(5)26-23)27-35(31,32)20-13-11-19(12-14-20)25(3,4)24(29)30/h7-14,27H,6,15-16H2,1-5H3,(H,29,30). The molecule has 0 radical (unpaired) electrons. The van der Waals surface area contributed by atoms with Crippen LogP contribution < -0.4 is 9.46 Å². The molecule has 0 aliphatic carbocycles. The lowest BCUT2D eigenvalue weighted by Gasteiger charge is -2.20. The first kappa shape index (κ1) is 26.2. The van der Waals surface area contributed by atoms with Gasteiger partial charge in [0, 0.05) is 13.7 Å². The van der Waals surface area contributed by atoms with E-state index in [0.29, 0.717) is 24.3 Å². The Labute approximate surface area is 205 Å². The van der Waals surface area contributed by atoms with E-state index in [-0.39, 0.29) is 23.2 Å². The maximum absolute atomic E-state index is 13.3. The summed E-state index contributed by atoms with van der Waals surface area (Å²) in [4.78, 5) is 11.5. The average molecular weight is 502 g/mol. The summed E-state index contributed by atoms with van der Waals surface area (Å²) in [6.07, 6.45) is 0. The second-order valence-electron chi connectivity index (χ2n) is 8.62. The predicted molar refractivity (Wildman–Crippen MR) is 133 cm³/mol. The molecule has 2 N–H and O–H groups in total. The summed E-state index contributed by atoms with van der Waals surface area (Å²) in [5.74, 6) is -0.469. The van der Waals surface area contributed by atoms with Crippen LogP contribution >= 0.6 is 0 Å². The largest absolute Gasteiger partial charge is 0.481 e. The zero-order valence-electron chi connectivity index (χ0n) is 20.5. The van der Waals surface area contributed by atoms with Gasteiger partial charge < -0.3 is 14.6 Å². The highest BCUT2D eigenvalue weighted by Gasteiger charge is 2.30. The molecule has 35 heavy (non-hydrogen) atoms. The van der Waals surface area contributed by atoms with E-state index in [9.17, 15) is 18.3 Å². The summed E-state index contributed by atoms with van der Waals surface area (Å²) in [5, 5.41) is 13.8. The number of anilines is 1. The number of nitrogens with zero attached hydrogens (tertiary/aromatic N) is 2. The quantitative estimate of drug-likeness (QED) is 0.382. The number of nitrogens with one attached hydrogen (secondary N) is 1. The summed E-state index contributed by atoms with van der Waals surface area (Å²) >= 11 is 0. The number of aromatic nitrogens is 2.